The summed E-state index contributed by atoms with van der Waals surface area (Å²) < 4.78 is 16.7. The Labute approximate surface area is 172 Å². The van der Waals surface area contributed by atoms with Crippen LogP contribution in [0.3, 0.4) is 0 Å². The van der Waals surface area contributed by atoms with Gasteiger partial charge in [0.1, 0.15) is 18.1 Å². The average molecular weight is 390 g/mol. The zero-order valence-corrected chi connectivity index (χ0v) is 17.1. The molecule has 0 heterocycles. The number of aryl methyl sites for hydroxylation is 1. The Hall–Kier alpha value is -3.27. The normalized spacial score (nSPS) is 10.4. The first kappa shape index (κ1) is 20.5. The maximum Gasteiger partial charge on any atom is 0.310 e. The van der Waals surface area contributed by atoms with Gasteiger partial charge < -0.3 is 14.2 Å². The van der Waals surface area contributed by atoms with E-state index in [1.165, 1.54) is 0 Å². The zero-order chi connectivity index (χ0) is 20.6. The summed E-state index contributed by atoms with van der Waals surface area (Å²) >= 11 is 0. The number of carbonyl (C=O) groups excluding carboxylic acids is 1. The lowest BCUT2D eigenvalue weighted by Crippen LogP contribution is -2.07. The van der Waals surface area contributed by atoms with E-state index in [-0.39, 0.29) is 12.4 Å². The molecular weight excluding hydrogens is 364 g/mol. The molecule has 0 unspecified atom stereocenters. The van der Waals surface area contributed by atoms with E-state index in [0.29, 0.717) is 13.2 Å². The number of rotatable bonds is 8. The van der Waals surface area contributed by atoms with Crippen LogP contribution in [0.15, 0.2) is 66.7 Å². The predicted octanol–water partition coefficient (Wildman–Crippen LogP) is 5.36. The number of para-hydroxylation sites is 1. The third kappa shape index (κ3) is 5.38. The molecule has 3 aromatic rings. The van der Waals surface area contributed by atoms with Gasteiger partial charge in [-0.3, -0.25) is 4.79 Å². The molecule has 0 atom stereocenters. The fourth-order valence-corrected chi connectivity index (χ4v) is 3.24. The van der Waals surface area contributed by atoms with Gasteiger partial charge in [0.2, 0.25) is 0 Å². The van der Waals surface area contributed by atoms with Crippen molar-refractivity contribution in [2.24, 2.45) is 0 Å². The van der Waals surface area contributed by atoms with Crippen LogP contribution in [-0.4, -0.2) is 19.7 Å². The van der Waals surface area contributed by atoms with E-state index >= 15 is 0 Å². The molecule has 3 rings (SSSR count). The molecule has 0 spiro atoms. The Bertz CT molecular complexity index is 964. The van der Waals surface area contributed by atoms with E-state index in [1.807, 2.05) is 55.5 Å². The highest BCUT2D eigenvalue weighted by molar-refractivity contribution is 5.77. The molecule has 0 saturated carbocycles. The first-order valence-corrected chi connectivity index (χ1v) is 9.71. The Balaban J connectivity index is 1.95. The van der Waals surface area contributed by atoms with Crippen LogP contribution in [-0.2, 0) is 22.6 Å². The summed E-state index contributed by atoms with van der Waals surface area (Å²) in [6.45, 7) is 4.68. The molecule has 0 saturated heterocycles. The molecule has 3 aromatic carbocycles. The number of hydrogen-bond donors (Lipinski definition) is 0. The van der Waals surface area contributed by atoms with Crippen molar-refractivity contribution in [2.75, 3.05) is 13.7 Å². The monoisotopic (exact) mass is 390 g/mol. The summed E-state index contributed by atoms with van der Waals surface area (Å²) in [5, 5.41) is 0. The largest absolute Gasteiger partial charge is 0.496 e. The number of methoxy groups -OCH3 is 1. The molecule has 0 fully saturated rings. The quantitative estimate of drug-likeness (QED) is 0.486. The second kappa shape index (κ2) is 9.78. The summed E-state index contributed by atoms with van der Waals surface area (Å²) in [5.41, 5.74) is 5.05. The Morgan fingerprint density at radius 2 is 1.72 bits per heavy atom. The minimum absolute atomic E-state index is 0.229. The highest BCUT2D eigenvalue weighted by atomic mass is 16.5. The molecule has 150 valence electrons. The predicted molar refractivity (Wildman–Crippen MR) is 114 cm³/mol. The highest BCUT2D eigenvalue weighted by Crippen LogP contribution is 2.34. The van der Waals surface area contributed by atoms with Crippen LogP contribution in [0.5, 0.6) is 11.5 Å². The number of hydrogen-bond acceptors (Lipinski definition) is 4. The summed E-state index contributed by atoms with van der Waals surface area (Å²) in [4.78, 5) is 11.9. The fourth-order valence-electron chi connectivity index (χ4n) is 3.24. The smallest absolute Gasteiger partial charge is 0.310 e. The van der Waals surface area contributed by atoms with Gasteiger partial charge in [0, 0.05) is 5.56 Å². The Kier molecular flexibility index (Phi) is 6.90. The molecular formula is C25H26O4. The molecule has 4 nitrogen and oxygen atoms in total. The SMILES string of the molecule is CCOC(=O)Cc1ccc(OC)c(-c2ccc(C)cc2COc2ccccc2)c1. The van der Waals surface area contributed by atoms with Gasteiger partial charge in [0.05, 0.1) is 20.1 Å². The number of ether oxygens (including phenoxy) is 3. The van der Waals surface area contributed by atoms with Crippen molar-refractivity contribution >= 4 is 5.97 Å². The third-order valence-electron chi connectivity index (χ3n) is 4.61. The van der Waals surface area contributed by atoms with E-state index in [9.17, 15) is 4.79 Å². The van der Waals surface area contributed by atoms with Gasteiger partial charge in [0.25, 0.3) is 0 Å². The van der Waals surface area contributed by atoms with Gasteiger partial charge in [-0.2, -0.15) is 0 Å². The lowest BCUT2D eigenvalue weighted by Gasteiger charge is -2.16. The topological polar surface area (TPSA) is 44.8 Å². The summed E-state index contributed by atoms with van der Waals surface area (Å²) in [7, 11) is 1.65. The van der Waals surface area contributed by atoms with Crippen LogP contribution in [0, 0.1) is 6.92 Å². The van der Waals surface area contributed by atoms with Crippen LogP contribution < -0.4 is 9.47 Å². The maximum atomic E-state index is 11.9. The van der Waals surface area contributed by atoms with Crippen LogP contribution in [0.1, 0.15) is 23.6 Å². The standard InChI is InChI=1S/C25H26O4/c1-4-28-25(26)16-19-11-13-24(27-3)23(15-19)22-12-10-18(2)14-20(22)17-29-21-8-6-5-7-9-21/h5-15H,4,16-17H2,1-3H3. The zero-order valence-electron chi connectivity index (χ0n) is 17.1. The molecule has 4 heteroatoms. The summed E-state index contributed by atoms with van der Waals surface area (Å²) in [6, 6.07) is 21.8. The third-order valence-corrected chi connectivity index (χ3v) is 4.61. The van der Waals surface area contributed by atoms with Gasteiger partial charge >= 0.3 is 5.97 Å². The van der Waals surface area contributed by atoms with Crippen molar-refractivity contribution in [3.05, 3.63) is 83.4 Å². The van der Waals surface area contributed by atoms with E-state index in [4.69, 9.17) is 14.2 Å². The molecule has 0 radical (unpaired) electrons. The molecule has 0 aromatic heterocycles. The molecule has 0 N–H and O–H groups in total. The second-order valence-electron chi connectivity index (χ2n) is 6.78. The lowest BCUT2D eigenvalue weighted by molar-refractivity contribution is -0.142. The van der Waals surface area contributed by atoms with Crippen molar-refractivity contribution in [2.45, 2.75) is 26.9 Å². The first-order valence-electron chi connectivity index (χ1n) is 9.71. The Morgan fingerprint density at radius 1 is 0.931 bits per heavy atom. The minimum atomic E-state index is -0.236. The van der Waals surface area contributed by atoms with E-state index < -0.39 is 0 Å². The summed E-state index contributed by atoms with van der Waals surface area (Å²) in [5.74, 6) is 1.34. The number of esters is 1. The van der Waals surface area contributed by atoms with Crippen LogP contribution in [0.25, 0.3) is 11.1 Å². The highest BCUT2D eigenvalue weighted by Gasteiger charge is 2.14. The van der Waals surface area contributed by atoms with E-state index in [2.05, 4.69) is 25.1 Å². The maximum absolute atomic E-state index is 11.9. The molecule has 0 aliphatic rings. The fraction of sp³-hybridized carbons (Fsp3) is 0.240. The van der Waals surface area contributed by atoms with Crippen molar-refractivity contribution in [1.82, 2.24) is 0 Å². The van der Waals surface area contributed by atoms with Crippen LogP contribution in [0.4, 0.5) is 0 Å². The molecule has 0 amide bonds. The average Bonchev–Trinajstić information content (AvgIpc) is 2.73. The summed E-state index contributed by atoms with van der Waals surface area (Å²) in [6.07, 6.45) is 0.229. The molecule has 29 heavy (non-hydrogen) atoms. The van der Waals surface area contributed by atoms with Gasteiger partial charge in [-0.05, 0) is 54.8 Å². The molecule has 0 aliphatic carbocycles. The van der Waals surface area contributed by atoms with Gasteiger partial charge in [-0.15, -0.1) is 0 Å². The van der Waals surface area contributed by atoms with Gasteiger partial charge in [-0.1, -0.05) is 48.0 Å². The molecule has 0 aliphatic heterocycles. The van der Waals surface area contributed by atoms with E-state index in [0.717, 1.165) is 39.3 Å². The minimum Gasteiger partial charge on any atom is -0.496 e. The first-order chi connectivity index (χ1) is 14.1. The number of benzene rings is 3. The number of carbonyl (C=O) groups is 1. The van der Waals surface area contributed by atoms with Gasteiger partial charge in [-0.25, -0.2) is 0 Å². The van der Waals surface area contributed by atoms with Crippen molar-refractivity contribution in [1.29, 1.82) is 0 Å². The van der Waals surface area contributed by atoms with Crippen molar-refractivity contribution < 1.29 is 19.0 Å². The Morgan fingerprint density at radius 3 is 2.45 bits per heavy atom. The lowest BCUT2D eigenvalue weighted by atomic mass is 9.95. The van der Waals surface area contributed by atoms with Crippen molar-refractivity contribution in [3.63, 3.8) is 0 Å². The van der Waals surface area contributed by atoms with Crippen LogP contribution >= 0.6 is 0 Å². The molecule has 0 bridgehead atoms. The van der Waals surface area contributed by atoms with E-state index in [1.54, 1.807) is 7.11 Å². The second-order valence-corrected chi connectivity index (χ2v) is 6.78. The van der Waals surface area contributed by atoms with Gasteiger partial charge in [0.15, 0.2) is 0 Å². The van der Waals surface area contributed by atoms with Crippen LogP contribution in [0.2, 0.25) is 0 Å². The van der Waals surface area contributed by atoms with Crippen molar-refractivity contribution in [3.8, 4) is 22.6 Å².